The van der Waals surface area contributed by atoms with Gasteiger partial charge in [0, 0.05) is 24.0 Å². The van der Waals surface area contributed by atoms with Gasteiger partial charge in [-0.05, 0) is 18.6 Å². The molecule has 1 aliphatic rings. The van der Waals surface area contributed by atoms with E-state index < -0.39 is 58.0 Å². The second kappa shape index (κ2) is 11.5. The number of phosphoric acid groups is 2. The molecule has 3 rings (SSSR count). The van der Waals surface area contributed by atoms with E-state index in [0.29, 0.717) is 11.3 Å². The third-order valence-electron chi connectivity index (χ3n) is 5.36. The van der Waals surface area contributed by atoms with E-state index in [9.17, 15) is 33.8 Å². The van der Waals surface area contributed by atoms with Crippen LogP contribution in [0.15, 0.2) is 58.9 Å². The number of ether oxygens (including phenoxy) is 1. The Kier molecular flexibility index (Phi) is 8.98. The molecule has 15 nitrogen and oxygen atoms in total. The zero-order chi connectivity index (χ0) is 27.5. The number of hydrogen-bond acceptors (Lipinski definition) is 10. The Bertz CT molecular complexity index is 1400. The van der Waals surface area contributed by atoms with Crippen LogP contribution in [0.25, 0.3) is 5.57 Å². The minimum atomic E-state index is -5.38. The number of nitrogens with zero attached hydrogens (tertiary/aromatic N) is 3. The molecule has 0 amide bonds. The second-order valence-electron chi connectivity index (χ2n) is 7.76. The van der Waals surface area contributed by atoms with Crippen molar-refractivity contribution < 1.29 is 47.6 Å². The highest BCUT2D eigenvalue weighted by molar-refractivity contribution is 7.60. The normalized spacial score (nSPS) is 24.1. The van der Waals surface area contributed by atoms with E-state index in [-0.39, 0.29) is 6.54 Å². The zero-order valence-corrected chi connectivity index (χ0v) is 21.1. The molecule has 1 aliphatic heterocycles. The molecule has 0 spiro atoms. The summed E-state index contributed by atoms with van der Waals surface area (Å²) in [5.41, 5.74) is 0.145. The molecule has 0 radical (unpaired) electrons. The van der Waals surface area contributed by atoms with Gasteiger partial charge in [-0.15, -0.1) is 0 Å². The molecule has 1 saturated heterocycles. The average Bonchev–Trinajstić information content (AvgIpc) is 3.09. The maximum Gasteiger partial charge on any atom is 0.481 e. The smallest absolute Gasteiger partial charge is 0.387 e. The lowest BCUT2D eigenvalue weighted by Crippen LogP contribution is -2.43. The first-order chi connectivity index (χ1) is 17.3. The Morgan fingerprint density at radius 2 is 1.92 bits per heavy atom. The molecule has 3 unspecified atom stereocenters. The summed E-state index contributed by atoms with van der Waals surface area (Å²) in [4.78, 5) is 56.7. The first-order valence-corrected chi connectivity index (χ1v) is 13.6. The van der Waals surface area contributed by atoms with Gasteiger partial charge in [-0.2, -0.15) is 4.31 Å². The van der Waals surface area contributed by atoms with Gasteiger partial charge in [0.15, 0.2) is 6.23 Å². The molecule has 5 N–H and O–H groups in total. The minimum absolute atomic E-state index is 0.245. The van der Waals surface area contributed by atoms with Gasteiger partial charge in [-0.25, -0.2) is 13.9 Å². The summed E-state index contributed by atoms with van der Waals surface area (Å²) in [6, 6.07) is 4.46. The minimum Gasteiger partial charge on any atom is -0.387 e. The van der Waals surface area contributed by atoms with Crippen LogP contribution in [0.5, 0.6) is 0 Å². The number of rotatable bonds is 10. The summed E-state index contributed by atoms with van der Waals surface area (Å²) < 4.78 is 37.6. The standard InChI is InChI=1S/C20H25N3O12P2/c1-3-12(4-2)13-6-5-8-21-14(13)10-23-16(24)7-9-22(20(23)27)19-18(26)17(25)15(34-19)11-33-37(31,32)35-36(28,29)30/h3-9,15,17-19,25-26H,1,10-11H2,2H3,(H,31,32)(H2,28,29,30)/b12-4+/t15-,17?,18?,19-/m1/s1. The first kappa shape index (κ1) is 29.0. The number of aliphatic hydroxyl groups excluding tert-OH is 2. The van der Waals surface area contributed by atoms with Gasteiger partial charge in [-0.3, -0.25) is 23.4 Å². The molecule has 17 heteroatoms. The van der Waals surface area contributed by atoms with Gasteiger partial charge in [0.2, 0.25) is 0 Å². The van der Waals surface area contributed by atoms with Crippen LogP contribution >= 0.6 is 15.6 Å². The Labute approximate surface area is 209 Å². The molecule has 2 aromatic rings. The Hall–Kier alpha value is -2.55. The fourth-order valence-electron chi connectivity index (χ4n) is 3.65. The van der Waals surface area contributed by atoms with Crippen molar-refractivity contribution in [3.8, 4) is 0 Å². The number of phosphoric ester groups is 1. The van der Waals surface area contributed by atoms with Crippen molar-refractivity contribution >= 4 is 21.2 Å². The van der Waals surface area contributed by atoms with Gasteiger partial charge in [-0.1, -0.05) is 24.8 Å². The number of aliphatic hydroxyl groups is 2. The molecular weight excluding hydrogens is 536 g/mol. The molecule has 5 atom stereocenters. The summed E-state index contributed by atoms with van der Waals surface area (Å²) in [5, 5.41) is 20.7. The lowest BCUT2D eigenvalue weighted by atomic mass is 10.0. The lowest BCUT2D eigenvalue weighted by molar-refractivity contribution is -0.0547. The van der Waals surface area contributed by atoms with Crippen molar-refractivity contribution in [3.05, 3.63) is 81.4 Å². The van der Waals surface area contributed by atoms with E-state index in [2.05, 4.69) is 20.4 Å². The van der Waals surface area contributed by atoms with Crippen molar-refractivity contribution in [1.29, 1.82) is 0 Å². The van der Waals surface area contributed by atoms with Crippen LogP contribution in [0, 0.1) is 0 Å². The maximum absolute atomic E-state index is 13.2. The molecular formula is C20H25N3O12P2. The molecule has 0 bridgehead atoms. The predicted octanol–water partition coefficient (Wildman–Crippen LogP) is -0.112. The number of aromatic nitrogens is 3. The van der Waals surface area contributed by atoms with E-state index in [1.807, 2.05) is 0 Å². The summed E-state index contributed by atoms with van der Waals surface area (Å²) >= 11 is 0. The summed E-state index contributed by atoms with van der Waals surface area (Å²) in [6.07, 6.45) is -0.663. The fraction of sp³-hybridized carbons (Fsp3) is 0.350. The highest BCUT2D eigenvalue weighted by atomic mass is 31.3. The molecule has 2 aromatic heterocycles. The van der Waals surface area contributed by atoms with E-state index >= 15 is 0 Å². The number of pyridine rings is 1. The van der Waals surface area contributed by atoms with E-state index in [1.54, 1.807) is 31.2 Å². The van der Waals surface area contributed by atoms with Gasteiger partial charge in [0.25, 0.3) is 5.56 Å². The number of hydrogen-bond donors (Lipinski definition) is 5. The molecule has 202 valence electrons. The molecule has 1 fully saturated rings. The molecule has 0 aliphatic carbocycles. The quantitative estimate of drug-likeness (QED) is 0.189. The van der Waals surface area contributed by atoms with Crippen molar-refractivity contribution in [3.63, 3.8) is 0 Å². The van der Waals surface area contributed by atoms with Crippen LogP contribution in [0.4, 0.5) is 0 Å². The third-order valence-corrected chi connectivity index (χ3v) is 7.51. The largest absolute Gasteiger partial charge is 0.481 e. The molecule has 3 heterocycles. The van der Waals surface area contributed by atoms with Crippen LogP contribution in [-0.2, 0) is 29.2 Å². The van der Waals surface area contributed by atoms with E-state index in [4.69, 9.17) is 14.5 Å². The van der Waals surface area contributed by atoms with Crippen molar-refractivity contribution in [2.45, 2.75) is 38.0 Å². The van der Waals surface area contributed by atoms with Crippen molar-refractivity contribution in [2.75, 3.05) is 6.61 Å². The lowest BCUT2D eigenvalue weighted by Gasteiger charge is -2.19. The SMILES string of the molecule is C=C/C(=C\C)c1cccnc1Cn1c(=O)ccn([C@@H]2O[C@H](COP(=O)(O)OP(=O)(O)O)C(O)C2O)c1=O. The highest BCUT2D eigenvalue weighted by Crippen LogP contribution is 2.57. The second-order valence-corrected chi connectivity index (χ2v) is 10.6. The predicted molar refractivity (Wildman–Crippen MR) is 127 cm³/mol. The highest BCUT2D eigenvalue weighted by Gasteiger charge is 2.46. The van der Waals surface area contributed by atoms with Crippen LogP contribution in [0.2, 0.25) is 0 Å². The van der Waals surface area contributed by atoms with Crippen molar-refractivity contribution in [1.82, 2.24) is 14.1 Å². The Morgan fingerprint density at radius 3 is 2.54 bits per heavy atom. The average molecular weight is 561 g/mol. The Balaban J connectivity index is 1.88. The van der Waals surface area contributed by atoms with Crippen LogP contribution in [0.1, 0.15) is 24.4 Å². The Morgan fingerprint density at radius 1 is 1.22 bits per heavy atom. The van der Waals surface area contributed by atoms with Crippen LogP contribution in [0.3, 0.4) is 0 Å². The van der Waals surface area contributed by atoms with Crippen LogP contribution < -0.4 is 11.2 Å². The fourth-order valence-corrected chi connectivity index (χ4v) is 5.25. The van der Waals surface area contributed by atoms with Gasteiger partial charge in [0.05, 0.1) is 18.8 Å². The van der Waals surface area contributed by atoms with Gasteiger partial charge < -0.3 is 29.6 Å². The van der Waals surface area contributed by atoms with E-state index in [0.717, 1.165) is 27.0 Å². The third kappa shape index (κ3) is 6.86. The van der Waals surface area contributed by atoms with Gasteiger partial charge in [0.1, 0.15) is 18.3 Å². The van der Waals surface area contributed by atoms with Crippen LogP contribution in [-0.4, -0.2) is 63.9 Å². The van der Waals surface area contributed by atoms with Crippen molar-refractivity contribution in [2.24, 2.45) is 0 Å². The summed E-state index contributed by atoms with van der Waals surface area (Å²) in [6.45, 7) is 4.34. The molecule has 37 heavy (non-hydrogen) atoms. The number of allylic oxidation sites excluding steroid dienone is 3. The molecule has 0 saturated carbocycles. The first-order valence-electron chi connectivity index (χ1n) is 10.6. The summed E-state index contributed by atoms with van der Waals surface area (Å²) in [5.74, 6) is 0. The maximum atomic E-state index is 13.2. The molecule has 0 aromatic carbocycles. The summed E-state index contributed by atoms with van der Waals surface area (Å²) in [7, 11) is -10.6. The monoisotopic (exact) mass is 561 g/mol. The van der Waals surface area contributed by atoms with Gasteiger partial charge >= 0.3 is 21.3 Å². The van der Waals surface area contributed by atoms with E-state index in [1.165, 1.54) is 6.20 Å². The topological polar surface area (TPSA) is 220 Å². The zero-order valence-electron chi connectivity index (χ0n) is 19.3.